The van der Waals surface area contributed by atoms with Crippen molar-refractivity contribution in [3.63, 3.8) is 0 Å². The molecule has 0 unspecified atom stereocenters. The highest BCUT2D eigenvalue weighted by atomic mass is 16.5. The third-order valence-electron chi connectivity index (χ3n) is 2.62. The van der Waals surface area contributed by atoms with Gasteiger partial charge >= 0.3 is 0 Å². The van der Waals surface area contributed by atoms with Gasteiger partial charge in [0.1, 0.15) is 11.5 Å². The summed E-state index contributed by atoms with van der Waals surface area (Å²) in [6.45, 7) is 3.92. The highest BCUT2D eigenvalue weighted by molar-refractivity contribution is 5.20. The second-order valence-corrected chi connectivity index (χ2v) is 4.31. The lowest BCUT2D eigenvalue weighted by Gasteiger charge is -2.06. The van der Waals surface area contributed by atoms with Gasteiger partial charge in [0, 0.05) is 25.5 Å². The first-order valence-electron chi connectivity index (χ1n) is 6.52. The van der Waals surface area contributed by atoms with Crippen LogP contribution >= 0.6 is 0 Å². The van der Waals surface area contributed by atoms with Crippen LogP contribution < -0.4 is 4.74 Å². The topological polar surface area (TPSA) is 44.5 Å². The number of ether oxygens (including phenoxy) is 2. The van der Waals surface area contributed by atoms with Crippen molar-refractivity contribution in [2.75, 3.05) is 19.8 Å². The van der Waals surface area contributed by atoms with Gasteiger partial charge in [-0.1, -0.05) is 23.4 Å². The molecule has 0 atom stereocenters. The summed E-state index contributed by atoms with van der Waals surface area (Å²) < 4.78 is 16.1. The predicted molar refractivity (Wildman–Crippen MR) is 72.3 cm³/mol. The number of hydrogen-bond donors (Lipinski definition) is 0. The van der Waals surface area contributed by atoms with Gasteiger partial charge < -0.3 is 14.0 Å². The SMILES string of the molecule is Cc1cc(CCOCCCOc2ccccc2)no1. The quantitative estimate of drug-likeness (QED) is 0.685. The van der Waals surface area contributed by atoms with E-state index in [0.717, 1.165) is 30.0 Å². The number of para-hydroxylation sites is 1. The Kier molecular flexibility index (Phi) is 5.44. The largest absolute Gasteiger partial charge is 0.494 e. The van der Waals surface area contributed by atoms with E-state index in [1.807, 2.05) is 43.3 Å². The van der Waals surface area contributed by atoms with Crippen LogP contribution in [0.5, 0.6) is 5.75 Å². The van der Waals surface area contributed by atoms with Gasteiger partial charge in [0.05, 0.1) is 18.9 Å². The second-order valence-electron chi connectivity index (χ2n) is 4.31. The summed E-state index contributed by atoms with van der Waals surface area (Å²) in [5, 5.41) is 3.91. The Balaban J connectivity index is 1.48. The molecule has 0 amide bonds. The van der Waals surface area contributed by atoms with Crippen molar-refractivity contribution < 1.29 is 14.0 Å². The first-order valence-corrected chi connectivity index (χ1v) is 6.52. The molecule has 0 spiro atoms. The maximum Gasteiger partial charge on any atom is 0.133 e. The lowest BCUT2D eigenvalue weighted by atomic mass is 10.3. The molecule has 19 heavy (non-hydrogen) atoms. The van der Waals surface area contributed by atoms with Crippen LogP contribution in [-0.4, -0.2) is 25.0 Å². The molecule has 102 valence electrons. The molecule has 1 aromatic carbocycles. The second kappa shape index (κ2) is 7.59. The van der Waals surface area contributed by atoms with E-state index in [9.17, 15) is 0 Å². The van der Waals surface area contributed by atoms with Crippen LogP contribution in [0, 0.1) is 6.92 Å². The van der Waals surface area contributed by atoms with Gasteiger partial charge in [-0.25, -0.2) is 0 Å². The van der Waals surface area contributed by atoms with Gasteiger partial charge in [0.2, 0.25) is 0 Å². The summed E-state index contributed by atoms with van der Waals surface area (Å²) in [4.78, 5) is 0. The Hall–Kier alpha value is -1.81. The van der Waals surface area contributed by atoms with E-state index in [4.69, 9.17) is 14.0 Å². The van der Waals surface area contributed by atoms with Gasteiger partial charge in [-0.15, -0.1) is 0 Å². The highest BCUT2D eigenvalue weighted by Crippen LogP contribution is 2.08. The first kappa shape index (κ1) is 13.6. The zero-order valence-electron chi connectivity index (χ0n) is 11.2. The van der Waals surface area contributed by atoms with Crippen molar-refractivity contribution in [1.82, 2.24) is 5.16 Å². The van der Waals surface area contributed by atoms with Crippen molar-refractivity contribution >= 4 is 0 Å². The van der Waals surface area contributed by atoms with Crippen LogP contribution in [-0.2, 0) is 11.2 Å². The van der Waals surface area contributed by atoms with Crippen LogP contribution in [0.3, 0.4) is 0 Å². The van der Waals surface area contributed by atoms with Crippen LogP contribution in [0.1, 0.15) is 17.9 Å². The summed E-state index contributed by atoms with van der Waals surface area (Å²) in [7, 11) is 0. The Morgan fingerprint density at radius 3 is 2.68 bits per heavy atom. The molecule has 0 saturated heterocycles. The molecular formula is C15H19NO3. The molecule has 0 aliphatic rings. The normalized spacial score (nSPS) is 10.6. The standard InChI is InChI=1S/C15H19NO3/c1-13-12-14(16-19-13)8-11-17-9-5-10-18-15-6-3-2-4-7-15/h2-4,6-7,12H,5,8-11H2,1H3. The molecule has 0 saturated carbocycles. The van der Waals surface area contributed by atoms with Crippen LogP contribution in [0.15, 0.2) is 40.9 Å². The number of hydrogen-bond acceptors (Lipinski definition) is 4. The first-order chi connectivity index (χ1) is 9.34. The third kappa shape index (κ3) is 5.14. The molecule has 4 heteroatoms. The van der Waals surface area contributed by atoms with Crippen molar-refractivity contribution in [2.24, 2.45) is 0 Å². The maximum atomic E-state index is 5.57. The van der Waals surface area contributed by atoms with Gasteiger partial charge in [0.15, 0.2) is 0 Å². The van der Waals surface area contributed by atoms with Crippen LogP contribution in [0.4, 0.5) is 0 Å². The summed E-state index contributed by atoms with van der Waals surface area (Å²) in [6, 6.07) is 11.7. The van der Waals surface area contributed by atoms with E-state index in [2.05, 4.69) is 5.16 Å². The lowest BCUT2D eigenvalue weighted by Crippen LogP contribution is -2.05. The van der Waals surface area contributed by atoms with Crippen molar-refractivity contribution in [3.8, 4) is 5.75 Å². The van der Waals surface area contributed by atoms with Crippen molar-refractivity contribution in [1.29, 1.82) is 0 Å². The van der Waals surface area contributed by atoms with E-state index in [1.54, 1.807) is 0 Å². The average molecular weight is 261 g/mol. The number of rotatable bonds is 8. The molecule has 1 aromatic heterocycles. The van der Waals surface area contributed by atoms with E-state index in [0.29, 0.717) is 19.8 Å². The minimum atomic E-state index is 0.664. The fraction of sp³-hybridized carbons (Fsp3) is 0.400. The van der Waals surface area contributed by atoms with Gasteiger partial charge in [0.25, 0.3) is 0 Å². The summed E-state index contributed by atoms with van der Waals surface area (Å²) >= 11 is 0. The molecule has 2 rings (SSSR count). The van der Waals surface area contributed by atoms with E-state index in [1.165, 1.54) is 0 Å². The van der Waals surface area contributed by atoms with Gasteiger partial charge in [-0.2, -0.15) is 0 Å². The molecule has 0 radical (unpaired) electrons. The Morgan fingerprint density at radius 1 is 1.11 bits per heavy atom. The van der Waals surface area contributed by atoms with Crippen molar-refractivity contribution in [2.45, 2.75) is 19.8 Å². The van der Waals surface area contributed by atoms with Gasteiger partial charge in [-0.3, -0.25) is 0 Å². The average Bonchev–Trinajstić information content (AvgIpc) is 2.85. The molecule has 0 aliphatic carbocycles. The molecule has 0 bridgehead atoms. The predicted octanol–water partition coefficient (Wildman–Crippen LogP) is 3.01. The summed E-state index contributed by atoms with van der Waals surface area (Å²) in [5.74, 6) is 1.74. The summed E-state index contributed by atoms with van der Waals surface area (Å²) in [6.07, 6.45) is 1.67. The lowest BCUT2D eigenvalue weighted by molar-refractivity contribution is 0.121. The van der Waals surface area contributed by atoms with Gasteiger partial charge in [-0.05, 0) is 19.1 Å². The summed E-state index contributed by atoms with van der Waals surface area (Å²) in [5.41, 5.74) is 0.943. The van der Waals surface area contributed by atoms with Crippen LogP contribution in [0.2, 0.25) is 0 Å². The molecule has 0 aliphatic heterocycles. The fourth-order valence-electron chi connectivity index (χ4n) is 1.68. The monoisotopic (exact) mass is 261 g/mol. The Bertz CT molecular complexity index is 467. The van der Waals surface area contributed by atoms with E-state index in [-0.39, 0.29) is 0 Å². The Labute approximate surface area is 113 Å². The number of aryl methyl sites for hydroxylation is 1. The molecule has 2 aromatic rings. The highest BCUT2D eigenvalue weighted by Gasteiger charge is 1.99. The third-order valence-corrected chi connectivity index (χ3v) is 2.62. The minimum absolute atomic E-state index is 0.664. The molecule has 4 nitrogen and oxygen atoms in total. The number of nitrogens with zero attached hydrogens (tertiary/aromatic N) is 1. The minimum Gasteiger partial charge on any atom is -0.494 e. The zero-order chi connectivity index (χ0) is 13.3. The molecule has 1 heterocycles. The molecular weight excluding hydrogens is 242 g/mol. The maximum absolute atomic E-state index is 5.57. The van der Waals surface area contributed by atoms with Crippen molar-refractivity contribution in [3.05, 3.63) is 47.9 Å². The van der Waals surface area contributed by atoms with Crippen LogP contribution in [0.25, 0.3) is 0 Å². The Morgan fingerprint density at radius 2 is 1.95 bits per heavy atom. The molecule has 0 fully saturated rings. The number of benzene rings is 1. The molecule has 0 N–H and O–H groups in total. The zero-order valence-corrected chi connectivity index (χ0v) is 11.2. The van der Waals surface area contributed by atoms with E-state index < -0.39 is 0 Å². The van der Waals surface area contributed by atoms with E-state index >= 15 is 0 Å². The fourth-order valence-corrected chi connectivity index (χ4v) is 1.68. The number of aromatic nitrogens is 1. The smallest absolute Gasteiger partial charge is 0.133 e.